The second-order valence-electron chi connectivity index (χ2n) is 6.34. The summed E-state index contributed by atoms with van der Waals surface area (Å²) < 4.78 is 4.89. The minimum absolute atomic E-state index is 0. The summed E-state index contributed by atoms with van der Waals surface area (Å²) >= 11 is 5.24. The van der Waals surface area contributed by atoms with Crippen molar-refractivity contribution in [2.45, 2.75) is 61.4 Å². The van der Waals surface area contributed by atoms with Gasteiger partial charge in [0.05, 0.1) is 24.9 Å². The fourth-order valence-corrected chi connectivity index (χ4v) is 2.03. The molecule has 0 saturated carbocycles. The third-order valence-electron chi connectivity index (χ3n) is 3.49. The number of nitrogens with one attached hydrogen (secondary N) is 4. The third-order valence-corrected chi connectivity index (χ3v) is 3.84. The van der Waals surface area contributed by atoms with Gasteiger partial charge in [0.1, 0.15) is 0 Å². The average molecular weight is 483 g/mol. The van der Waals surface area contributed by atoms with Crippen LogP contribution in [-0.4, -0.2) is 88.3 Å². The Hall–Kier alpha value is -0.930. The molecule has 1 saturated heterocycles. The fraction of sp³-hybridized carbons (Fsp3) is 0.750. The van der Waals surface area contributed by atoms with Gasteiger partial charge in [-0.3, -0.25) is 0 Å². The lowest BCUT2D eigenvalue weighted by Gasteiger charge is -2.12. The van der Waals surface area contributed by atoms with Crippen LogP contribution in [0.5, 0.6) is 0 Å². The van der Waals surface area contributed by atoms with E-state index in [1.807, 2.05) is 52.2 Å². The molecule has 0 amide bonds. The van der Waals surface area contributed by atoms with Crippen LogP contribution in [0.25, 0.3) is 0 Å². The summed E-state index contributed by atoms with van der Waals surface area (Å²) in [4.78, 5) is 0. The van der Waals surface area contributed by atoms with Crippen molar-refractivity contribution in [1.82, 2.24) is 16.0 Å². The first-order valence-corrected chi connectivity index (χ1v) is 10.8. The van der Waals surface area contributed by atoms with Gasteiger partial charge in [0.2, 0.25) is 0 Å². The number of aryl methyl sites for hydroxylation is 1. The first-order valence-electron chi connectivity index (χ1n) is 10.2. The molecule has 3 atom stereocenters. The molecule has 0 aromatic heterocycles. The predicted molar refractivity (Wildman–Crippen MR) is 145 cm³/mol. The topological polar surface area (TPSA) is 101 Å². The van der Waals surface area contributed by atoms with E-state index in [2.05, 4.69) is 28.2 Å². The molecule has 2 rings (SSSR count). The van der Waals surface area contributed by atoms with Crippen LogP contribution < -0.4 is 21.3 Å². The summed E-state index contributed by atoms with van der Waals surface area (Å²) in [5, 5.41) is 30.0. The highest BCUT2D eigenvalue weighted by atomic mass is 35.5. The van der Waals surface area contributed by atoms with E-state index in [9.17, 15) is 5.11 Å². The van der Waals surface area contributed by atoms with Crippen molar-refractivity contribution in [3.8, 4) is 0 Å². The van der Waals surface area contributed by atoms with E-state index >= 15 is 0 Å². The van der Waals surface area contributed by atoms with Gasteiger partial charge in [-0.2, -0.15) is 0 Å². The van der Waals surface area contributed by atoms with Crippen molar-refractivity contribution in [3.63, 3.8) is 0 Å². The highest BCUT2D eigenvalue weighted by Gasteiger charge is 2.20. The van der Waals surface area contributed by atoms with Gasteiger partial charge in [-0.25, -0.2) is 0 Å². The van der Waals surface area contributed by atoms with Crippen LogP contribution in [0.3, 0.4) is 0 Å². The molecule has 0 bridgehead atoms. The maximum absolute atomic E-state index is 9.44. The molecule has 0 spiro atoms. The van der Waals surface area contributed by atoms with Gasteiger partial charge >= 0.3 is 0 Å². The zero-order valence-electron chi connectivity index (χ0n) is 19.0. The highest BCUT2D eigenvalue weighted by molar-refractivity contribution is 6.18. The van der Waals surface area contributed by atoms with Crippen molar-refractivity contribution in [1.29, 1.82) is 0 Å². The van der Waals surface area contributed by atoms with E-state index in [0.29, 0.717) is 31.6 Å². The zero-order chi connectivity index (χ0) is 22.5. The lowest BCUT2D eigenvalue weighted by Crippen LogP contribution is -2.30. The van der Waals surface area contributed by atoms with Gasteiger partial charge in [0.25, 0.3) is 0 Å². The van der Waals surface area contributed by atoms with Crippen LogP contribution in [0.2, 0.25) is 0 Å². The zero-order valence-corrected chi connectivity index (χ0v) is 19.7. The van der Waals surface area contributed by atoms with E-state index in [0.717, 1.165) is 18.8 Å². The van der Waals surface area contributed by atoms with E-state index < -0.39 is 6.10 Å². The number of hydrogen-bond acceptors (Lipinski definition) is 7. The fourth-order valence-electron chi connectivity index (χ4n) is 1.92. The van der Waals surface area contributed by atoms with Crippen LogP contribution >= 0.6 is 11.6 Å². The number of likely N-dealkylation sites (N-methyl/N-ethyl adjacent to an activating group) is 3. The molecular formula is C24H55ClN4O3. The molecule has 196 valence electrons. The molecule has 1 aliphatic rings. The number of halogens is 1. The molecule has 7 nitrogen and oxygen atoms in total. The minimum Gasteiger partial charge on any atom is -0.391 e. The van der Waals surface area contributed by atoms with Crippen LogP contribution in [0.4, 0.5) is 5.69 Å². The number of epoxide rings is 1. The lowest BCUT2D eigenvalue weighted by atomic mass is 10.2. The van der Waals surface area contributed by atoms with Gasteiger partial charge in [-0.15, -0.1) is 11.6 Å². The number of hydrogen-bond donors (Lipinski definition) is 6. The summed E-state index contributed by atoms with van der Waals surface area (Å²) in [6.45, 7) is 9.78. The summed E-state index contributed by atoms with van der Waals surface area (Å²) in [6, 6.07) is 8.13. The molecule has 0 aliphatic carbocycles. The second-order valence-corrected chi connectivity index (χ2v) is 6.65. The molecule has 1 aromatic rings. The number of aliphatic hydroxyl groups excluding tert-OH is 2. The molecule has 1 fully saturated rings. The first kappa shape index (κ1) is 41.3. The molecule has 6 N–H and O–H groups in total. The second kappa shape index (κ2) is 30.1. The Kier molecular flexibility index (Phi) is 38.8. The summed E-state index contributed by atoms with van der Waals surface area (Å²) in [7, 11) is 5.53. The van der Waals surface area contributed by atoms with Gasteiger partial charge in [0, 0.05) is 37.7 Å². The largest absolute Gasteiger partial charge is 0.391 e. The van der Waals surface area contributed by atoms with E-state index in [1.165, 1.54) is 5.56 Å². The molecular weight excluding hydrogens is 428 g/mol. The van der Waals surface area contributed by atoms with Crippen molar-refractivity contribution in [2.24, 2.45) is 0 Å². The monoisotopic (exact) mass is 482 g/mol. The van der Waals surface area contributed by atoms with Crippen molar-refractivity contribution < 1.29 is 14.9 Å². The van der Waals surface area contributed by atoms with E-state index in [1.54, 1.807) is 7.05 Å². The molecule has 0 radical (unpaired) electrons. The smallest absolute Gasteiger partial charge is 0.0933 e. The number of benzene rings is 1. The number of aliphatic hydroxyl groups is 2. The highest BCUT2D eigenvalue weighted by Crippen LogP contribution is 2.08. The number of ether oxygens (including phenoxy) is 1. The summed E-state index contributed by atoms with van der Waals surface area (Å²) in [6.07, 6.45) is -0.206. The van der Waals surface area contributed by atoms with Crippen LogP contribution in [0.1, 0.15) is 41.7 Å². The number of anilines is 1. The SMILES string of the molecule is C.C.C.CC.CNCC(O)CCl.CNCC(O)CNc1ccc(C)cc1.CNCC1CO1. The molecule has 8 heteroatoms. The minimum atomic E-state index is -0.397. The van der Waals surface area contributed by atoms with Crippen LogP contribution in [-0.2, 0) is 4.74 Å². The quantitative estimate of drug-likeness (QED) is 0.224. The number of alkyl halides is 1. The van der Waals surface area contributed by atoms with Crippen molar-refractivity contribution >= 4 is 17.3 Å². The Morgan fingerprint density at radius 2 is 1.38 bits per heavy atom. The van der Waals surface area contributed by atoms with Crippen molar-refractivity contribution in [2.75, 3.05) is 65.1 Å². The predicted octanol–water partition coefficient (Wildman–Crippen LogP) is 3.33. The number of rotatable bonds is 10. The Bertz CT molecular complexity index is 449. The molecule has 1 aliphatic heterocycles. The average Bonchev–Trinajstić information content (AvgIpc) is 3.55. The van der Waals surface area contributed by atoms with E-state index in [4.69, 9.17) is 21.4 Å². The molecule has 1 aromatic carbocycles. The van der Waals surface area contributed by atoms with E-state index in [-0.39, 0.29) is 28.4 Å². The maximum atomic E-state index is 9.44. The van der Waals surface area contributed by atoms with Crippen LogP contribution in [0.15, 0.2) is 24.3 Å². The maximum Gasteiger partial charge on any atom is 0.0933 e. The van der Waals surface area contributed by atoms with Gasteiger partial charge in [-0.05, 0) is 40.2 Å². The van der Waals surface area contributed by atoms with Crippen LogP contribution in [0, 0.1) is 6.92 Å². The molecule has 3 unspecified atom stereocenters. The summed E-state index contributed by atoms with van der Waals surface area (Å²) in [5.74, 6) is 0.306. The van der Waals surface area contributed by atoms with Gasteiger partial charge in [-0.1, -0.05) is 53.8 Å². The standard InChI is InChI=1S/C11H18N2O.C4H10ClNO.C4H9NO.C2H6.3CH4/c1-9-3-5-10(6-4-9)13-8-11(14)7-12-2;1-6-3-4(7)2-5;1-5-2-4-3-6-4;1-2;;;/h3-6,11-14H,7-8H2,1-2H3;4,6-7H,2-3H2,1H3;4-5H,2-3H2,1H3;1-2H3;3*1H4. The third kappa shape index (κ3) is 29.1. The Balaban J connectivity index is -0.000000115. The Labute approximate surface area is 204 Å². The lowest BCUT2D eigenvalue weighted by molar-refractivity contribution is 0.187. The van der Waals surface area contributed by atoms with Gasteiger partial charge < -0.3 is 36.2 Å². The molecule has 1 heterocycles. The van der Waals surface area contributed by atoms with Crippen molar-refractivity contribution in [3.05, 3.63) is 29.8 Å². The first-order chi connectivity index (χ1) is 14.0. The Morgan fingerprint density at radius 1 is 0.906 bits per heavy atom. The molecule has 32 heavy (non-hydrogen) atoms. The summed E-state index contributed by atoms with van der Waals surface area (Å²) in [5.41, 5.74) is 2.29. The normalized spacial score (nSPS) is 14.5. The Morgan fingerprint density at radius 3 is 1.69 bits per heavy atom. The van der Waals surface area contributed by atoms with Gasteiger partial charge in [0.15, 0.2) is 0 Å².